The summed E-state index contributed by atoms with van der Waals surface area (Å²) in [6.07, 6.45) is 1.58. The predicted octanol–water partition coefficient (Wildman–Crippen LogP) is 4.26. The minimum atomic E-state index is -0.471. The molecule has 0 unspecified atom stereocenters. The van der Waals surface area contributed by atoms with Gasteiger partial charge in [-0.15, -0.1) is 11.3 Å². The summed E-state index contributed by atoms with van der Waals surface area (Å²) in [5, 5.41) is 15.3. The Hall–Kier alpha value is -3.98. The van der Waals surface area contributed by atoms with Gasteiger partial charge >= 0.3 is 5.97 Å². The molecule has 0 saturated carbocycles. The third-order valence-corrected chi connectivity index (χ3v) is 4.91. The van der Waals surface area contributed by atoms with Crippen LogP contribution in [0.25, 0.3) is 11.0 Å². The van der Waals surface area contributed by atoms with E-state index in [1.165, 1.54) is 23.5 Å². The van der Waals surface area contributed by atoms with Crippen molar-refractivity contribution in [1.82, 2.24) is 4.98 Å². The number of thiazole rings is 1. The molecule has 4 rings (SSSR count). The van der Waals surface area contributed by atoms with Crippen LogP contribution in [0.3, 0.4) is 0 Å². The first-order valence-electron chi connectivity index (χ1n) is 9.33. The molecule has 0 fully saturated rings. The van der Waals surface area contributed by atoms with Crippen molar-refractivity contribution < 1.29 is 23.8 Å². The summed E-state index contributed by atoms with van der Waals surface area (Å²) in [7, 11) is 0. The number of aromatic hydroxyl groups is 1. The van der Waals surface area contributed by atoms with Gasteiger partial charge in [-0.25, -0.2) is 14.8 Å². The van der Waals surface area contributed by atoms with E-state index < -0.39 is 11.9 Å². The number of rotatable bonds is 5. The van der Waals surface area contributed by atoms with Crippen molar-refractivity contribution in [3.8, 4) is 5.75 Å². The highest BCUT2D eigenvalue weighted by molar-refractivity contribution is 7.13. The monoisotopic (exact) mass is 435 g/mol. The number of amides is 1. The smallest absolute Gasteiger partial charge is 0.338 e. The number of ether oxygens (including phenoxy) is 1. The largest absolute Gasteiger partial charge is 0.508 e. The van der Waals surface area contributed by atoms with Crippen LogP contribution in [0.1, 0.15) is 27.6 Å². The molecule has 0 radical (unpaired) electrons. The highest BCUT2D eigenvalue weighted by atomic mass is 32.1. The molecule has 156 valence electrons. The number of hydrogen-bond acceptors (Lipinski definition) is 8. The Morgan fingerprint density at radius 3 is 2.87 bits per heavy atom. The fourth-order valence-corrected chi connectivity index (χ4v) is 3.36. The number of aromatic nitrogens is 1. The number of carbonyl (C=O) groups excluding carboxylic acids is 2. The van der Waals surface area contributed by atoms with Crippen molar-refractivity contribution >= 4 is 45.0 Å². The van der Waals surface area contributed by atoms with E-state index >= 15 is 0 Å². The van der Waals surface area contributed by atoms with Crippen LogP contribution in [-0.2, 0) is 4.74 Å². The summed E-state index contributed by atoms with van der Waals surface area (Å²) in [4.78, 5) is 33.4. The third kappa shape index (κ3) is 4.62. The van der Waals surface area contributed by atoms with Crippen LogP contribution in [-0.4, -0.2) is 28.6 Å². The lowest BCUT2D eigenvalue weighted by Crippen LogP contribution is -2.21. The van der Waals surface area contributed by atoms with Crippen molar-refractivity contribution in [3.63, 3.8) is 0 Å². The standard InChI is InChI=1S/C22H17N3O5S/c1-2-29-21(28)14-4-3-5-15(10-14)24-20-17(19(27)25-22-23-8-9-31-22)11-13-6-7-16(26)12-18(13)30-20/h3-12,26H,2H2,1H3,(H,23,25,27). The molecule has 0 bridgehead atoms. The van der Waals surface area contributed by atoms with Crippen LogP contribution < -0.4 is 10.9 Å². The highest BCUT2D eigenvalue weighted by Crippen LogP contribution is 2.21. The van der Waals surface area contributed by atoms with E-state index in [2.05, 4.69) is 15.3 Å². The van der Waals surface area contributed by atoms with E-state index in [1.54, 1.807) is 54.9 Å². The first kappa shape index (κ1) is 20.3. The molecule has 0 saturated heterocycles. The quantitative estimate of drug-likeness (QED) is 0.453. The molecule has 1 amide bonds. The lowest BCUT2D eigenvalue weighted by molar-refractivity contribution is 0.0526. The number of phenols is 1. The average molecular weight is 435 g/mol. The Kier molecular flexibility index (Phi) is 5.76. The molecule has 9 heteroatoms. The molecule has 0 aliphatic rings. The zero-order chi connectivity index (χ0) is 21.8. The summed E-state index contributed by atoms with van der Waals surface area (Å²) in [5.41, 5.74) is 1.28. The Morgan fingerprint density at radius 2 is 2.10 bits per heavy atom. The van der Waals surface area contributed by atoms with Gasteiger partial charge in [0.15, 0.2) is 5.13 Å². The molecule has 4 aromatic rings. The first-order valence-corrected chi connectivity index (χ1v) is 10.2. The Bertz CT molecular complexity index is 1330. The number of phenolic OH excluding ortho intramolecular Hbond substituents is 1. The van der Waals surface area contributed by atoms with Crippen LogP contribution in [0, 0.1) is 0 Å². The second kappa shape index (κ2) is 8.80. The zero-order valence-electron chi connectivity index (χ0n) is 16.4. The summed E-state index contributed by atoms with van der Waals surface area (Å²) < 4.78 is 10.9. The maximum Gasteiger partial charge on any atom is 0.338 e. The topological polar surface area (TPSA) is 114 Å². The number of hydrogen-bond donors (Lipinski definition) is 2. The second-order valence-corrected chi connectivity index (χ2v) is 7.26. The molecular formula is C22H17N3O5S. The van der Waals surface area contributed by atoms with E-state index in [0.717, 1.165) is 0 Å². The molecule has 31 heavy (non-hydrogen) atoms. The number of anilines is 1. The predicted molar refractivity (Wildman–Crippen MR) is 116 cm³/mol. The number of carbonyl (C=O) groups is 2. The second-order valence-electron chi connectivity index (χ2n) is 6.36. The van der Waals surface area contributed by atoms with Gasteiger partial charge in [0, 0.05) is 23.0 Å². The van der Waals surface area contributed by atoms with Crippen LogP contribution in [0.2, 0.25) is 0 Å². The summed E-state index contributed by atoms with van der Waals surface area (Å²) in [5.74, 6) is -0.901. The van der Waals surface area contributed by atoms with E-state index in [4.69, 9.17) is 9.15 Å². The third-order valence-electron chi connectivity index (χ3n) is 4.22. The van der Waals surface area contributed by atoms with Crippen molar-refractivity contribution in [2.24, 2.45) is 4.99 Å². The van der Waals surface area contributed by atoms with Gasteiger partial charge in [-0.2, -0.15) is 0 Å². The van der Waals surface area contributed by atoms with E-state index in [1.807, 2.05) is 0 Å². The van der Waals surface area contributed by atoms with Gasteiger partial charge in [0.25, 0.3) is 5.91 Å². The lowest BCUT2D eigenvalue weighted by Gasteiger charge is -2.06. The normalized spacial score (nSPS) is 11.5. The van der Waals surface area contributed by atoms with E-state index in [-0.39, 0.29) is 23.5 Å². The number of nitrogens with one attached hydrogen (secondary N) is 1. The molecule has 0 spiro atoms. The van der Waals surface area contributed by atoms with Crippen LogP contribution in [0.4, 0.5) is 10.8 Å². The average Bonchev–Trinajstić information content (AvgIpc) is 3.26. The fourth-order valence-electron chi connectivity index (χ4n) is 2.84. The molecule has 0 aliphatic heterocycles. The van der Waals surface area contributed by atoms with Crippen LogP contribution in [0.5, 0.6) is 5.75 Å². The van der Waals surface area contributed by atoms with Crippen LogP contribution >= 0.6 is 11.3 Å². The van der Waals surface area contributed by atoms with Gasteiger partial charge in [-0.05, 0) is 43.3 Å². The zero-order valence-corrected chi connectivity index (χ0v) is 17.2. The maximum absolute atomic E-state index is 12.9. The molecule has 2 aromatic heterocycles. The molecular weight excluding hydrogens is 418 g/mol. The van der Waals surface area contributed by atoms with E-state index in [9.17, 15) is 14.7 Å². The number of nitrogens with zero attached hydrogens (tertiary/aromatic N) is 2. The Morgan fingerprint density at radius 1 is 1.23 bits per heavy atom. The van der Waals surface area contributed by atoms with Gasteiger partial charge < -0.3 is 14.3 Å². The van der Waals surface area contributed by atoms with Gasteiger partial charge in [-0.1, -0.05) is 6.07 Å². The van der Waals surface area contributed by atoms with Crippen LogP contribution in [0.15, 0.2) is 69.5 Å². The summed E-state index contributed by atoms with van der Waals surface area (Å²) in [6, 6.07) is 12.7. The van der Waals surface area contributed by atoms with Crippen molar-refractivity contribution in [2.75, 3.05) is 11.9 Å². The SMILES string of the molecule is CCOC(=O)c1cccc(N=c2oc3cc(O)ccc3cc2C(=O)Nc2nccs2)c1. The Labute approximate surface area is 180 Å². The molecule has 2 aromatic carbocycles. The van der Waals surface area contributed by atoms with Gasteiger partial charge in [-0.3, -0.25) is 10.1 Å². The first-order chi connectivity index (χ1) is 15.0. The number of fused-ring (bicyclic) bond motifs is 1. The molecule has 0 atom stereocenters. The van der Waals surface area contributed by atoms with Crippen molar-refractivity contribution in [3.05, 3.63) is 76.8 Å². The number of benzene rings is 2. The summed E-state index contributed by atoms with van der Waals surface area (Å²) >= 11 is 1.28. The van der Waals surface area contributed by atoms with Gasteiger partial charge in [0.1, 0.15) is 16.9 Å². The van der Waals surface area contributed by atoms with Crippen molar-refractivity contribution in [1.29, 1.82) is 0 Å². The van der Waals surface area contributed by atoms with E-state index in [0.29, 0.717) is 27.4 Å². The number of esters is 1. The van der Waals surface area contributed by atoms with Gasteiger partial charge in [0.05, 0.1) is 17.9 Å². The molecule has 2 N–H and O–H groups in total. The minimum Gasteiger partial charge on any atom is -0.508 e. The molecule has 8 nitrogen and oxygen atoms in total. The lowest BCUT2D eigenvalue weighted by atomic mass is 10.1. The summed E-state index contributed by atoms with van der Waals surface area (Å²) in [6.45, 7) is 1.98. The maximum atomic E-state index is 12.9. The highest BCUT2D eigenvalue weighted by Gasteiger charge is 2.15. The molecule has 2 heterocycles. The fraction of sp³-hybridized carbons (Fsp3) is 0.0909. The van der Waals surface area contributed by atoms with Crippen molar-refractivity contribution in [2.45, 2.75) is 6.92 Å². The minimum absolute atomic E-state index is 0.0199. The Balaban J connectivity index is 1.84. The van der Waals surface area contributed by atoms with Gasteiger partial charge in [0.2, 0.25) is 5.55 Å². The molecule has 0 aliphatic carbocycles.